The van der Waals surface area contributed by atoms with Gasteiger partial charge in [0, 0.05) is 32.0 Å². The number of hydrogen-bond acceptors (Lipinski definition) is 4. The number of piperidine rings is 1. The third-order valence-corrected chi connectivity index (χ3v) is 4.84. The first-order valence-corrected chi connectivity index (χ1v) is 9.86. The number of rotatable bonds is 6. The van der Waals surface area contributed by atoms with E-state index < -0.39 is 0 Å². The predicted molar refractivity (Wildman–Crippen MR) is 111 cm³/mol. The molecule has 2 aromatic rings. The first-order valence-electron chi connectivity index (χ1n) is 9.86. The minimum Gasteiger partial charge on any atom is -0.357 e. The zero-order chi connectivity index (χ0) is 18.9. The molecule has 6 heteroatoms. The summed E-state index contributed by atoms with van der Waals surface area (Å²) in [5.74, 6) is 2.70. The fraction of sp³-hybridized carbons (Fsp3) is 0.476. The lowest BCUT2D eigenvalue weighted by Crippen LogP contribution is -2.37. The fourth-order valence-electron chi connectivity index (χ4n) is 3.12. The molecule has 2 aromatic heterocycles. The van der Waals surface area contributed by atoms with Crippen LogP contribution in [-0.4, -0.2) is 35.6 Å². The highest BCUT2D eigenvalue weighted by atomic mass is 15.2. The Labute approximate surface area is 162 Å². The average Bonchev–Trinajstić information content (AvgIpc) is 2.72. The number of nitrogens with one attached hydrogen (secondary N) is 2. The third-order valence-electron chi connectivity index (χ3n) is 4.84. The van der Waals surface area contributed by atoms with Crippen LogP contribution in [0.3, 0.4) is 0 Å². The van der Waals surface area contributed by atoms with Crippen LogP contribution in [0.5, 0.6) is 0 Å². The predicted octanol–water partition coefficient (Wildman–Crippen LogP) is 2.97. The SMILES string of the molecule is CCNC(=NCc1ccc(N2CCC(C)CC2)nc1)NCc1ccccn1. The van der Waals surface area contributed by atoms with E-state index in [1.165, 1.54) is 12.8 Å². The van der Waals surface area contributed by atoms with Gasteiger partial charge >= 0.3 is 0 Å². The summed E-state index contributed by atoms with van der Waals surface area (Å²) in [7, 11) is 0. The van der Waals surface area contributed by atoms with E-state index in [-0.39, 0.29) is 0 Å². The Bertz CT molecular complexity index is 705. The van der Waals surface area contributed by atoms with Gasteiger partial charge in [0.25, 0.3) is 0 Å². The molecule has 2 N–H and O–H groups in total. The van der Waals surface area contributed by atoms with Crippen LogP contribution in [0.15, 0.2) is 47.7 Å². The Hall–Kier alpha value is -2.63. The Morgan fingerprint density at radius 3 is 2.67 bits per heavy atom. The number of anilines is 1. The highest BCUT2D eigenvalue weighted by Gasteiger charge is 2.16. The van der Waals surface area contributed by atoms with Gasteiger partial charge in [-0.05, 0) is 49.4 Å². The van der Waals surface area contributed by atoms with Crippen molar-refractivity contribution in [1.29, 1.82) is 0 Å². The van der Waals surface area contributed by atoms with Crippen LogP contribution in [0, 0.1) is 5.92 Å². The maximum atomic E-state index is 4.66. The van der Waals surface area contributed by atoms with Crippen molar-refractivity contribution in [3.05, 3.63) is 54.0 Å². The van der Waals surface area contributed by atoms with Gasteiger partial charge in [-0.15, -0.1) is 0 Å². The molecule has 27 heavy (non-hydrogen) atoms. The number of guanidine groups is 1. The van der Waals surface area contributed by atoms with Crippen LogP contribution < -0.4 is 15.5 Å². The molecule has 0 saturated carbocycles. The van der Waals surface area contributed by atoms with Crippen molar-refractivity contribution >= 4 is 11.8 Å². The minimum absolute atomic E-state index is 0.599. The molecule has 0 aliphatic carbocycles. The van der Waals surface area contributed by atoms with E-state index in [4.69, 9.17) is 0 Å². The molecule has 0 spiro atoms. The first-order chi connectivity index (χ1) is 13.2. The van der Waals surface area contributed by atoms with Crippen LogP contribution in [0.1, 0.15) is 37.9 Å². The molecule has 1 aliphatic rings. The Kier molecular flexibility index (Phi) is 7.02. The average molecular weight is 367 g/mol. The molecule has 6 nitrogen and oxygen atoms in total. The van der Waals surface area contributed by atoms with E-state index in [9.17, 15) is 0 Å². The molecular formula is C21H30N6. The standard InChI is InChI=1S/C21H30N6/c1-3-22-21(26-16-19-6-4-5-11-23-19)25-15-18-7-8-20(24-14-18)27-12-9-17(2)10-13-27/h4-8,11,14,17H,3,9-10,12-13,15-16H2,1-2H3,(H2,22,25,26). The number of nitrogens with zero attached hydrogens (tertiary/aromatic N) is 4. The highest BCUT2D eigenvalue weighted by molar-refractivity contribution is 5.79. The largest absolute Gasteiger partial charge is 0.357 e. The summed E-state index contributed by atoms with van der Waals surface area (Å²) in [6.07, 6.45) is 6.25. The van der Waals surface area contributed by atoms with Gasteiger partial charge in [-0.25, -0.2) is 9.98 Å². The van der Waals surface area contributed by atoms with Crippen LogP contribution >= 0.6 is 0 Å². The molecule has 0 radical (unpaired) electrons. The topological polar surface area (TPSA) is 65.4 Å². The molecule has 144 valence electrons. The maximum Gasteiger partial charge on any atom is 0.191 e. The van der Waals surface area contributed by atoms with Crippen LogP contribution in [0.4, 0.5) is 5.82 Å². The Morgan fingerprint density at radius 1 is 1.15 bits per heavy atom. The van der Waals surface area contributed by atoms with Gasteiger partial charge in [0.15, 0.2) is 5.96 Å². The van der Waals surface area contributed by atoms with Crippen molar-refractivity contribution in [2.45, 2.75) is 39.8 Å². The van der Waals surface area contributed by atoms with E-state index >= 15 is 0 Å². The molecule has 0 unspecified atom stereocenters. The van der Waals surface area contributed by atoms with E-state index in [0.717, 1.165) is 48.6 Å². The van der Waals surface area contributed by atoms with Crippen LogP contribution in [0.25, 0.3) is 0 Å². The molecule has 0 aromatic carbocycles. The zero-order valence-electron chi connectivity index (χ0n) is 16.4. The minimum atomic E-state index is 0.599. The van der Waals surface area contributed by atoms with Gasteiger partial charge in [0.05, 0.1) is 18.8 Å². The first kappa shape index (κ1) is 19.1. The number of hydrogen-bond donors (Lipinski definition) is 2. The van der Waals surface area contributed by atoms with Crippen molar-refractivity contribution < 1.29 is 0 Å². The lowest BCUT2D eigenvalue weighted by Gasteiger charge is -2.31. The lowest BCUT2D eigenvalue weighted by atomic mass is 9.99. The van der Waals surface area contributed by atoms with Gasteiger partial charge < -0.3 is 15.5 Å². The zero-order valence-corrected chi connectivity index (χ0v) is 16.4. The summed E-state index contributed by atoms with van der Waals surface area (Å²) in [4.78, 5) is 16.0. The van der Waals surface area contributed by atoms with E-state index in [1.807, 2.05) is 24.4 Å². The fourth-order valence-corrected chi connectivity index (χ4v) is 3.12. The second kappa shape index (κ2) is 9.90. The van der Waals surface area contributed by atoms with E-state index in [2.05, 4.69) is 56.5 Å². The van der Waals surface area contributed by atoms with Gasteiger partial charge in [-0.1, -0.05) is 19.1 Å². The molecule has 1 fully saturated rings. The van der Waals surface area contributed by atoms with Crippen molar-refractivity contribution in [3.8, 4) is 0 Å². The van der Waals surface area contributed by atoms with E-state index in [0.29, 0.717) is 13.1 Å². The lowest BCUT2D eigenvalue weighted by molar-refractivity contribution is 0.436. The molecule has 3 heterocycles. The van der Waals surface area contributed by atoms with Crippen LogP contribution in [0.2, 0.25) is 0 Å². The van der Waals surface area contributed by atoms with Crippen LogP contribution in [-0.2, 0) is 13.1 Å². The van der Waals surface area contributed by atoms with Gasteiger partial charge in [0.2, 0.25) is 0 Å². The molecule has 0 bridgehead atoms. The Balaban J connectivity index is 1.55. The van der Waals surface area contributed by atoms with Gasteiger partial charge in [-0.2, -0.15) is 0 Å². The van der Waals surface area contributed by atoms with Crippen molar-refractivity contribution in [2.24, 2.45) is 10.9 Å². The summed E-state index contributed by atoms with van der Waals surface area (Å²) >= 11 is 0. The number of aromatic nitrogens is 2. The quantitative estimate of drug-likeness (QED) is 0.608. The Morgan fingerprint density at radius 2 is 2.00 bits per heavy atom. The molecule has 0 atom stereocenters. The van der Waals surface area contributed by atoms with Gasteiger partial charge in [-0.3, -0.25) is 4.98 Å². The summed E-state index contributed by atoms with van der Waals surface area (Å²) in [6.45, 7) is 8.67. The molecule has 1 saturated heterocycles. The van der Waals surface area contributed by atoms with Crippen molar-refractivity contribution in [2.75, 3.05) is 24.5 Å². The number of pyridine rings is 2. The maximum absolute atomic E-state index is 4.66. The molecule has 1 aliphatic heterocycles. The second-order valence-electron chi connectivity index (χ2n) is 7.06. The van der Waals surface area contributed by atoms with Crippen molar-refractivity contribution in [1.82, 2.24) is 20.6 Å². The normalized spacial score (nSPS) is 15.6. The van der Waals surface area contributed by atoms with Gasteiger partial charge in [0.1, 0.15) is 5.82 Å². The molecule has 3 rings (SSSR count). The number of aliphatic imine (C=N–C) groups is 1. The second-order valence-corrected chi connectivity index (χ2v) is 7.06. The summed E-state index contributed by atoms with van der Waals surface area (Å²) in [5, 5.41) is 6.59. The highest BCUT2D eigenvalue weighted by Crippen LogP contribution is 2.21. The van der Waals surface area contributed by atoms with Crippen molar-refractivity contribution in [3.63, 3.8) is 0 Å². The molecule has 0 amide bonds. The summed E-state index contributed by atoms with van der Waals surface area (Å²) in [6, 6.07) is 10.2. The third kappa shape index (κ3) is 5.94. The van der Waals surface area contributed by atoms with E-state index in [1.54, 1.807) is 6.20 Å². The molecular weight excluding hydrogens is 336 g/mol. The summed E-state index contributed by atoms with van der Waals surface area (Å²) < 4.78 is 0. The summed E-state index contributed by atoms with van der Waals surface area (Å²) in [5.41, 5.74) is 2.10. The monoisotopic (exact) mass is 366 g/mol. The smallest absolute Gasteiger partial charge is 0.191 e.